The Morgan fingerprint density at radius 3 is 2.53 bits per heavy atom. The number of rotatable bonds is 5. The van der Waals surface area contributed by atoms with Crippen molar-refractivity contribution in [2.75, 3.05) is 0 Å². The zero-order valence-corrected chi connectivity index (χ0v) is 11.0. The first-order chi connectivity index (χ1) is 8.01. The van der Waals surface area contributed by atoms with Crippen LogP contribution < -0.4 is 0 Å². The molecule has 1 aromatic rings. The highest BCUT2D eigenvalue weighted by atomic mass is 32.2. The van der Waals surface area contributed by atoms with E-state index in [0.717, 1.165) is 11.1 Å². The Labute approximate surface area is 103 Å². The number of sulfone groups is 1. The fourth-order valence-corrected chi connectivity index (χ4v) is 3.56. The number of nitrogens with zero attached hydrogens (tertiary/aromatic N) is 1. The van der Waals surface area contributed by atoms with Gasteiger partial charge < -0.3 is 0 Å². The van der Waals surface area contributed by atoms with Gasteiger partial charge in [0.15, 0.2) is 9.84 Å². The number of hydrogen-bond donors (Lipinski definition) is 0. The lowest BCUT2D eigenvalue weighted by Crippen LogP contribution is -2.22. The van der Waals surface area contributed by atoms with Crippen molar-refractivity contribution in [2.24, 2.45) is 0 Å². The Bertz CT molecular complexity index is 514. The molecule has 0 aliphatic rings. The second-order valence-corrected chi connectivity index (χ2v) is 6.41. The van der Waals surface area contributed by atoms with Crippen molar-refractivity contribution in [2.45, 2.75) is 37.7 Å². The van der Waals surface area contributed by atoms with Crippen molar-refractivity contribution in [3.8, 4) is 6.07 Å². The Hall–Kier alpha value is -1.34. The standard InChI is InChI=1S/C13H17NO2S/c1-3-13(8-9-14)17(15,16)10-12-7-5-4-6-11(12)2/h4-7,13H,3,8,10H2,1-2H3. The van der Waals surface area contributed by atoms with Gasteiger partial charge in [0, 0.05) is 0 Å². The minimum absolute atomic E-state index is 0.0276. The summed E-state index contributed by atoms with van der Waals surface area (Å²) in [5.74, 6) is 0.0276. The van der Waals surface area contributed by atoms with E-state index in [4.69, 9.17) is 5.26 Å². The van der Waals surface area contributed by atoms with Crippen LogP contribution in [0.15, 0.2) is 24.3 Å². The van der Waals surface area contributed by atoms with Crippen LogP contribution in [-0.4, -0.2) is 13.7 Å². The van der Waals surface area contributed by atoms with Gasteiger partial charge in [-0.25, -0.2) is 8.42 Å². The lowest BCUT2D eigenvalue weighted by Gasteiger charge is -2.13. The largest absolute Gasteiger partial charge is 0.228 e. The maximum Gasteiger partial charge on any atom is 0.158 e. The molecule has 0 saturated carbocycles. The van der Waals surface area contributed by atoms with Crippen molar-refractivity contribution >= 4 is 9.84 Å². The molecule has 1 atom stereocenters. The summed E-state index contributed by atoms with van der Waals surface area (Å²) >= 11 is 0. The zero-order valence-electron chi connectivity index (χ0n) is 10.2. The quantitative estimate of drug-likeness (QED) is 0.808. The summed E-state index contributed by atoms with van der Waals surface area (Å²) in [5.41, 5.74) is 1.80. The van der Waals surface area contributed by atoms with Crippen molar-refractivity contribution in [1.82, 2.24) is 0 Å². The van der Waals surface area contributed by atoms with E-state index in [1.54, 1.807) is 6.92 Å². The molecule has 0 spiro atoms. The fraction of sp³-hybridized carbons (Fsp3) is 0.462. The van der Waals surface area contributed by atoms with E-state index in [1.165, 1.54) is 0 Å². The van der Waals surface area contributed by atoms with E-state index in [1.807, 2.05) is 37.3 Å². The van der Waals surface area contributed by atoms with Crippen LogP contribution in [-0.2, 0) is 15.6 Å². The third-order valence-corrected chi connectivity index (χ3v) is 5.13. The molecule has 0 heterocycles. The Balaban J connectivity index is 2.94. The highest BCUT2D eigenvalue weighted by Crippen LogP contribution is 2.18. The molecule has 0 N–H and O–H groups in total. The summed E-state index contributed by atoms with van der Waals surface area (Å²) in [6.45, 7) is 3.70. The predicted molar refractivity (Wildman–Crippen MR) is 68.1 cm³/mol. The van der Waals surface area contributed by atoms with Crippen LogP contribution in [0.4, 0.5) is 0 Å². The van der Waals surface area contributed by atoms with Gasteiger partial charge in [0.1, 0.15) is 0 Å². The average molecular weight is 251 g/mol. The maximum atomic E-state index is 12.1. The van der Waals surface area contributed by atoms with Gasteiger partial charge in [-0.05, 0) is 24.5 Å². The van der Waals surface area contributed by atoms with Gasteiger partial charge in [0.2, 0.25) is 0 Å². The topological polar surface area (TPSA) is 57.9 Å². The van der Waals surface area contributed by atoms with Crippen LogP contribution in [0.3, 0.4) is 0 Å². The third-order valence-electron chi connectivity index (χ3n) is 2.90. The zero-order chi connectivity index (χ0) is 12.9. The molecule has 92 valence electrons. The minimum atomic E-state index is -3.23. The fourth-order valence-electron chi connectivity index (χ4n) is 1.73. The monoisotopic (exact) mass is 251 g/mol. The van der Waals surface area contributed by atoms with E-state index in [2.05, 4.69) is 0 Å². The average Bonchev–Trinajstić information content (AvgIpc) is 2.28. The summed E-state index contributed by atoms with van der Waals surface area (Å²) in [4.78, 5) is 0. The third kappa shape index (κ3) is 3.57. The Morgan fingerprint density at radius 1 is 1.35 bits per heavy atom. The lowest BCUT2D eigenvalue weighted by atomic mass is 10.1. The van der Waals surface area contributed by atoms with Gasteiger partial charge >= 0.3 is 0 Å². The smallest absolute Gasteiger partial charge is 0.158 e. The highest BCUT2D eigenvalue weighted by molar-refractivity contribution is 7.91. The highest BCUT2D eigenvalue weighted by Gasteiger charge is 2.24. The molecule has 1 unspecified atom stereocenters. The molecule has 0 fully saturated rings. The second-order valence-electron chi connectivity index (χ2n) is 4.13. The van der Waals surface area contributed by atoms with Crippen molar-refractivity contribution in [3.63, 3.8) is 0 Å². The van der Waals surface area contributed by atoms with Gasteiger partial charge in [-0.2, -0.15) is 5.26 Å². The van der Waals surface area contributed by atoms with E-state index < -0.39 is 15.1 Å². The van der Waals surface area contributed by atoms with Crippen molar-refractivity contribution in [3.05, 3.63) is 35.4 Å². The molecule has 0 radical (unpaired) electrons. The summed E-state index contributed by atoms with van der Waals surface area (Å²) in [7, 11) is -3.23. The van der Waals surface area contributed by atoms with Crippen molar-refractivity contribution in [1.29, 1.82) is 5.26 Å². The Kier molecular flexibility index (Phi) is 4.71. The lowest BCUT2D eigenvalue weighted by molar-refractivity contribution is 0.575. The van der Waals surface area contributed by atoms with Crippen LogP contribution in [0.5, 0.6) is 0 Å². The number of benzene rings is 1. The predicted octanol–water partition coefficient (Wildman–Crippen LogP) is 2.60. The summed E-state index contributed by atoms with van der Waals surface area (Å²) in [6.07, 6.45) is 0.562. The van der Waals surface area contributed by atoms with E-state index in [9.17, 15) is 8.42 Å². The molecule has 0 bridgehead atoms. The SMILES string of the molecule is CCC(CC#N)S(=O)(=O)Cc1ccccc1C. The molecule has 4 heteroatoms. The molecule has 0 saturated heterocycles. The maximum absolute atomic E-state index is 12.1. The molecule has 0 amide bonds. The minimum Gasteiger partial charge on any atom is -0.228 e. The summed E-state index contributed by atoms with van der Waals surface area (Å²) < 4.78 is 24.2. The number of aryl methyl sites for hydroxylation is 1. The van der Waals surface area contributed by atoms with Gasteiger partial charge in [-0.1, -0.05) is 31.2 Å². The van der Waals surface area contributed by atoms with Crippen LogP contribution in [0.25, 0.3) is 0 Å². The van der Waals surface area contributed by atoms with Crippen LogP contribution >= 0.6 is 0 Å². The van der Waals surface area contributed by atoms with Gasteiger partial charge in [0.05, 0.1) is 23.5 Å². The molecule has 1 rings (SSSR count). The molecular weight excluding hydrogens is 234 g/mol. The first-order valence-electron chi connectivity index (χ1n) is 5.64. The van der Waals surface area contributed by atoms with E-state index in [0.29, 0.717) is 6.42 Å². The molecule has 0 aliphatic carbocycles. The van der Waals surface area contributed by atoms with Gasteiger partial charge in [0.25, 0.3) is 0 Å². The van der Waals surface area contributed by atoms with E-state index >= 15 is 0 Å². The van der Waals surface area contributed by atoms with Crippen molar-refractivity contribution < 1.29 is 8.42 Å². The molecule has 3 nitrogen and oxygen atoms in total. The number of hydrogen-bond acceptors (Lipinski definition) is 3. The molecule has 0 aliphatic heterocycles. The summed E-state index contributed by atoms with van der Waals surface area (Å²) in [5, 5.41) is 8.09. The molecule has 1 aromatic carbocycles. The van der Waals surface area contributed by atoms with Crippen LogP contribution in [0.1, 0.15) is 30.9 Å². The first kappa shape index (κ1) is 13.7. The van der Waals surface area contributed by atoms with Crippen LogP contribution in [0.2, 0.25) is 0 Å². The van der Waals surface area contributed by atoms with Crippen LogP contribution in [0, 0.1) is 18.3 Å². The van der Waals surface area contributed by atoms with Gasteiger partial charge in [-0.3, -0.25) is 0 Å². The molecule has 17 heavy (non-hydrogen) atoms. The molecule has 0 aromatic heterocycles. The number of nitriles is 1. The first-order valence-corrected chi connectivity index (χ1v) is 7.35. The van der Waals surface area contributed by atoms with Gasteiger partial charge in [-0.15, -0.1) is 0 Å². The summed E-state index contributed by atoms with van der Waals surface area (Å²) in [6, 6.07) is 9.39. The van der Waals surface area contributed by atoms with E-state index in [-0.39, 0.29) is 12.2 Å². The second kappa shape index (κ2) is 5.83. The Morgan fingerprint density at radius 2 is 2.00 bits per heavy atom. The molecular formula is C13H17NO2S. The normalized spacial score (nSPS) is 13.0.